The molecule has 27 heavy (non-hydrogen) atoms. The number of rotatable bonds is 5. The van der Waals surface area contributed by atoms with Crippen LogP contribution in [0.2, 0.25) is 0 Å². The molecule has 0 aliphatic heterocycles. The van der Waals surface area contributed by atoms with Crippen LogP contribution in [-0.2, 0) is 0 Å². The molecule has 3 aromatic rings. The number of hydrazone groups is 1. The van der Waals surface area contributed by atoms with Crippen molar-refractivity contribution in [3.05, 3.63) is 101 Å². The summed E-state index contributed by atoms with van der Waals surface area (Å²) >= 11 is 0. The maximum Gasteiger partial charge on any atom is 0.273 e. The zero-order valence-electron chi connectivity index (χ0n) is 14.2. The summed E-state index contributed by atoms with van der Waals surface area (Å²) in [5.74, 6) is -1.33. The normalized spacial score (nSPS) is 10.6. The fourth-order valence-electron chi connectivity index (χ4n) is 2.35. The monoisotopic (exact) mass is 361 g/mol. The third kappa shape index (κ3) is 4.85. The van der Waals surface area contributed by atoms with Crippen LogP contribution in [0.1, 0.15) is 26.3 Å². The van der Waals surface area contributed by atoms with Crippen molar-refractivity contribution in [1.82, 2.24) is 5.43 Å². The van der Waals surface area contributed by atoms with Gasteiger partial charge in [0.2, 0.25) is 0 Å². The Morgan fingerprint density at radius 3 is 2.22 bits per heavy atom. The SMILES string of the molecule is O=C(Nc1ccccc1C(=O)NN=Cc1ccccc1)c1ccc(F)cc1. The minimum absolute atomic E-state index is 0.262. The van der Waals surface area contributed by atoms with Crippen molar-refractivity contribution >= 4 is 23.7 Å². The van der Waals surface area contributed by atoms with Crippen LogP contribution in [0.25, 0.3) is 0 Å². The topological polar surface area (TPSA) is 70.6 Å². The molecule has 0 spiro atoms. The van der Waals surface area contributed by atoms with Crippen LogP contribution < -0.4 is 10.7 Å². The minimum atomic E-state index is -0.461. The van der Waals surface area contributed by atoms with Gasteiger partial charge in [-0.3, -0.25) is 9.59 Å². The number of carbonyl (C=O) groups excluding carboxylic acids is 2. The number of nitrogens with one attached hydrogen (secondary N) is 2. The summed E-state index contributed by atoms with van der Waals surface area (Å²) in [6.45, 7) is 0. The lowest BCUT2D eigenvalue weighted by molar-refractivity contribution is 0.0956. The summed E-state index contributed by atoms with van der Waals surface area (Å²) in [6, 6.07) is 21.0. The summed E-state index contributed by atoms with van der Waals surface area (Å²) in [5.41, 5.74) is 4.16. The van der Waals surface area contributed by atoms with E-state index in [2.05, 4.69) is 15.8 Å². The van der Waals surface area contributed by atoms with Gasteiger partial charge in [-0.05, 0) is 42.0 Å². The molecule has 0 aromatic heterocycles. The molecular formula is C21H16FN3O2. The van der Waals surface area contributed by atoms with Gasteiger partial charge in [-0.25, -0.2) is 9.82 Å². The molecule has 0 saturated carbocycles. The van der Waals surface area contributed by atoms with Gasteiger partial charge >= 0.3 is 0 Å². The van der Waals surface area contributed by atoms with Crippen molar-refractivity contribution < 1.29 is 14.0 Å². The zero-order valence-corrected chi connectivity index (χ0v) is 14.2. The lowest BCUT2D eigenvalue weighted by Gasteiger charge is -2.10. The Kier molecular flexibility index (Phi) is 5.69. The molecule has 0 atom stereocenters. The van der Waals surface area contributed by atoms with E-state index in [9.17, 15) is 14.0 Å². The number of hydrogen-bond acceptors (Lipinski definition) is 3. The summed E-state index contributed by atoms with van der Waals surface area (Å²) in [4.78, 5) is 24.7. The molecule has 0 fully saturated rings. The molecule has 0 saturated heterocycles. The average molecular weight is 361 g/mol. The van der Waals surface area contributed by atoms with E-state index < -0.39 is 17.6 Å². The Balaban J connectivity index is 1.71. The van der Waals surface area contributed by atoms with Gasteiger partial charge in [-0.1, -0.05) is 42.5 Å². The molecule has 0 unspecified atom stereocenters. The maximum absolute atomic E-state index is 13.0. The van der Waals surface area contributed by atoms with Gasteiger partial charge in [-0.15, -0.1) is 0 Å². The summed E-state index contributed by atoms with van der Waals surface area (Å²) in [6.07, 6.45) is 1.53. The van der Waals surface area contributed by atoms with Gasteiger partial charge < -0.3 is 5.32 Å². The van der Waals surface area contributed by atoms with Gasteiger partial charge in [-0.2, -0.15) is 5.10 Å². The highest BCUT2D eigenvalue weighted by atomic mass is 19.1. The fraction of sp³-hybridized carbons (Fsp3) is 0. The second kappa shape index (κ2) is 8.53. The molecule has 3 aromatic carbocycles. The lowest BCUT2D eigenvalue weighted by Crippen LogP contribution is -2.21. The number of anilines is 1. The van der Waals surface area contributed by atoms with Crippen LogP contribution in [-0.4, -0.2) is 18.0 Å². The molecule has 0 heterocycles. The first-order valence-corrected chi connectivity index (χ1v) is 8.18. The Labute approximate surface area is 155 Å². The van der Waals surface area contributed by atoms with E-state index in [0.29, 0.717) is 5.69 Å². The number of hydrogen-bond donors (Lipinski definition) is 2. The zero-order chi connectivity index (χ0) is 19.1. The highest BCUT2D eigenvalue weighted by molar-refractivity contribution is 6.09. The van der Waals surface area contributed by atoms with Crippen molar-refractivity contribution in [2.24, 2.45) is 5.10 Å². The summed E-state index contributed by atoms with van der Waals surface area (Å²) in [5, 5.41) is 6.59. The Bertz CT molecular complexity index is 970. The van der Waals surface area contributed by atoms with Gasteiger partial charge in [0.25, 0.3) is 11.8 Å². The third-order valence-electron chi connectivity index (χ3n) is 3.71. The highest BCUT2D eigenvalue weighted by Gasteiger charge is 2.13. The average Bonchev–Trinajstić information content (AvgIpc) is 2.69. The van der Waals surface area contributed by atoms with Gasteiger partial charge in [0.05, 0.1) is 17.5 Å². The van der Waals surface area contributed by atoms with Crippen molar-refractivity contribution in [2.45, 2.75) is 0 Å². The number of carbonyl (C=O) groups is 2. The van der Waals surface area contributed by atoms with E-state index in [1.54, 1.807) is 24.3 Å². The van der Waals surface area contributed by atoms with Crippen LogP contribution in [0.15, 0.2) is 84.0 Å². The number of nitrogens with zero attached hydrogens (tertiary/aromatic N) is 1. The summed E-state index contributed by atoms with van der Waals surface area (Å²) < 4.78 is 13.0. The second-order valence-electron chi connectivity index (χ2n) is 5.62. The third-order valence-corrected chi connectivity index (χ3v) is 3.71. The van der Waals surface area contributed by atoms with E-state index >= 15 is 0 Å². The van der Waals surface area contributed by atoms with E-state index in [4.69, 9.17) is 0 Å². The molecule has 2 N–H and O–H groups in total. The molecule has 0 radical (unpaired) electrons. The minimum Gasteiger partial charge on any atom is -0.321 e. The van der Waals surface area contributed by atoms with E-state index in [1.165, 1.54) is 30.5 Å². The predicted octanol–water partition coefficient (Wildman–Crippen LogP) is 3.84. The number of benzene rings is 3. The van der Waals surface area contributed by atoms with Crippen LogP contribution in [0.4, 0.5) is 10.1 Å². The van der Waals surface area contributed by atoms with Crippen molar-refractivity contribution in [1.29, 1.82) is 0 Å². The Morgan fingerprint density at radius 1 is 0.815 bits per heavy atom. The Morgan fingerprint density at radius 2 is 1.48 bits per heavy atom. The van der Waals surface area contributed by atoms with Crippen LogP contribution >= 0.6 is 0 Å². The smallest absolute Gasteiger partial charge is 0.273 e. The number of halogens is 1. The first-order chi connectivity index (χ1) is 13.1. The van der Waals surface area contributed by atoms with Crippen molar-refractivity contribution in [3.63, 3.8) is 0 Å². The molecule has 0 aliphatic carbocycles. The van der Waals surface area contributed by atoms with Crippen molar-refractivity contribution in [2.75, 3.05) is 5.32 Å². The van der Waals surface area contributed by atoms with Crippen LogP contribution in [0.3, 0.4) is 0 Å². The molecule has 0 bridgehead atoms. The van der Waals surface area contributed by atoms with E-state index in [-0.39, 0.29) is 11.1 Å². The molecule has 134 valence electrons. The lowest BCUT2D eigenvalue weighted by atomic mass is 10.1. The molecular weight excluding hydrogens is 345 g/mol. The maximum atomic E-state index is 13.0. The highest BCUT2D eigenvalue weighted by Crippen LogP contribution is 2.16. The molecule has 6 heteroatoms. The molecule has 3 rings (SSSR count). The summed E-state index contributed by atoms with van der Waals surface area (Å²) in [7, 11) is 0. The first kappa shape index (κ1) is 18.0. The Hall–Kier alpha value is -3.80. The standard InChI is InChI=1S/C21H16FN3O2/c22-17-12-10-16(11-13-17)20(26)24-19-9-5-4-8-18(19)21(27)25-23-14-15-6-2-1-3-7-15/h1-14H,(H,24,26)(H,25,27). The fourth-order valence-corrected chi connectivity index (χ4v) is 2.35. The van der Waals surface area contributed by atoms with Gasteiger partial charge in [0, 0.05) is 5.56 Å². The molecule has 0 aliphatic rings. The largest absolute Gasteiger partial charge is 0.321 e. The number of amides is 2. The quantitative estimate of drug-likeness (QED) is 0.535. The molecule has 2 amide bonds. The van der Waals surface area contributed by atoms with Gasteiger partial charge in [0.1, 0.15) is 5.82 Å². The van der Waals surface area contributed by atoms with E-state index in [1.807, 2.05) is 30.3 Å². The van der Waals surface area contributed by atoms with Gasteiger partial charge in [0.15, 0.2) is 0 Å². The number of para-hydroxylation sites is 1. The second-order valence-corrected chi connectivity index (χ2v) is 5.62. The van der Waals surface area contributed by atoms with E-state index in [0.717, 1.165) is 5.56 Å². The van der Waals surface area contributed by atoms with Crippen LogP contribution in [0, 0.1) is 5.82 Å². The van der Waals surface area contributed by atoms with Crippen molar-refractivity contribution in [3.8, 4) is 0 Å². The first-order valence-electron chi connectivity index (χ1n) is 8.18. The van der Waals surface area contributed by atoms with Crippen LogP contribution in [0.5, 0.6) is 0 Å². The predicted molar refractivity (Wildman–Crippen MR) is 102 cm³/mol. The molecule has 5 nitrogen and oxygen atoms in total.